The van der Waals surface area contributed by atoms with E-state index < -0.39 is 5.97 Å². The predicted molar refractivity (Wildman–Crippen MR) is 78.8 cm³/mol. The minimum absolute atomic E-state index is 0.257. The van der Waals surface area contributed by atoms with Crippen molar-refractivity contribution in [3.8, 4) is 0 Å². The van der Waals surface area contributed by atoms with E-state index in [1.54, 1.807) is 6.92 Å². The summed E-state index contributed by atoms with van der Waals surface area (Å²) in [5.74, 6) is -0.356. The number of aryl methyl sites for hydroxylation is 1. The molecule has 1 aromatic heterocycles. The van der Waals surface area contributed by atoms with E-state index in [1.807, 2.05) is 6.92 Å². The van der Waals surface area contributed by atoms with Gasteiger partial charge in [0.2, 0.25) is 0 Å². The predicted octanol–water partition coefficient (Wildman–Crippen LogP) is 3.43. The lowest BCUT2D eigenvalue weighted by Gasteiger charge is -2.34. The van der Waals surface area contributed by atoms with E-state index in [-0.39, 0.29) is 5.56 Å². The van der Waals surface area contributed by atoms with Crippen LogP contribution in [0.25, 0.3) is 0 Å². The SMILES string of the molecule is Cc1nc(N2CCC3(CC2)CC3)c(C(=O)O)c(C)c1Cl. The van der Waals surface area contributed by atoms with Gasteiger partial charge in [0, 0.05) is 13.1 Å². The van der Waals surface area contributed by atoms with Crippen molar-refractivity contribution in [3.63, 3.8) is 0 Å². The average molecular weight is 295 g/mol. The lowest BCUT2D eigenvalue weighted by molar-refractivity contribution is 0.0696. The summed E-state index contributed by atoms with van der Waals surface area (Å²) >= 11 is 6.15. The molecule has 108 valence electrons. The molecule has 0 aromatic carbocycles. The molecule has 20 heavy (non-hydrogen) atoms. The molecule has 5 heteroatoms. The van der Waals surface area contributed by atoms with Crippen LogP contribution in [0.5, 0.6) is 0 Å². The standard InChI is InChI=1S/C15H19ClN2O2/c1-9-11(14(19)20)13(17-10(2)12(9)16)18-7-5-15(3-4-15)6-8-18/h3-8H2,1-2H3,(H,19,20). The second kappa shape index (κ2) is 4.62. The van der Waals surface area contributed by atoms with Crippen molar-refractivity contribution < 1.29 is 9.90 Å². The summed E-state index contributed by atoms with van der Waals surface area (Å²) in [5.41, 5.74) is 2.15. The first-order chi connectivity index (χ1) is 9.43. The number of hydrogen-bond acceptors (Lipinski definition) is 3. The highest BCUT2D eigenvalue weighted by molar-refractivity contribution is 6.32. The Morgan fingerprint density at radius 3 is 2.35 bits per heavy atom. The minimum Gasteiger partial charge on any atom is -0.478 e. The third-order valence-corrected chi connectivity index (χ3v) is 5.37. The Bertz CT molecular complexity index is 572. The normalized spacial score (nSPS) is 20.2. The zero-order valence-electron chi connectivity index (χ0n) is 11.9. The number of aromatic nitrogens is 1. The van der Waals surface area contributed by atoms with Crippen LogP contribution in [0, 0.1) is 19.3 Å². The second-order valence-electron chi connectivity index (χ2n) is 6.13. The highest BCUT2D eigenvalue weighted by Gasteiger charge is 2.45. The fraction of sp³-hybridized carbons (Fsp3) is 0.600. The van der Waals surface area contributed by atoms with E-state index in [0.29, 0.717) is 27.5 Å². The molecule has 0 unspecified atom stereocenters. The van der Waals surface area contributed by atoms with Gasteiger partial charge in [-0.2, -0.15) is 0 Å². The first kappa shape index (κ1) is 13.7. The summed E-state index contributed by atoms with van der Waals surface area (Å²) in [6.07, 6.45) is 4.96. The highest BCUT2D eigenvalue weighted by Crippen LogP contribution is 2.54. The zero-order valence-corrected chi connectivity index (χ0v) is 12.6. The van der Waals surface area contributed by atoms with Crippen molar-refractivity contribution in [2.45, 2.75) is 39.5 Å². The second-order valence-corrected chi connectivity index (χ2v) is 6.50. The summed E-state index contributed by atoms with van der Waals surface area (Å²) in [4.78, 5) is 18.1. The molecule has 1 spiro atoms. The van der Waals surface area contributed by atoms with Crippen molar-refractivity contribution in [1.29, 1.82) is 0 Å². The maximum absolute atomic E-state index is 11.6. The number of piperidine rings is 1. The summed E-state index contributed by atoms with van der Waals surface area (Å²) < 4.78 is 0. The average Bonchev–Trinajstić information content (AvgIpc) is 3.15. The Hall–Kier alpha value is -1.29. The van der Waals surface area contributed by atoms with Crippen LogP contribution in [0.2, 0.25) is 5.02 Å². The topological polar surface area (TPSA) is 53.4 Å². The van der Waals surface area contributed by atoms with Crippen LogP contribution in [0.1, 0.15) is 47.3 Å². The van der Waals surface area contributed by atoms with Crippen molar-refractivity contribution in [1.82, 2.24) is 4.98 Å². The van der Waals surface area contributed by atoms with Gasteiger partial charge in [0.05, 0.1) is 10.7 Å². The number of carboxylic acids is 1. The number of anilines is 1. The smallest absolute Gasteiger partial charge is 0.339 e. The molecule has 3 rings (SSSR count). The zero-order chi connectivity index (χ0) is 14.5. The van der Waals surface area contributed by atoms with E-state index >= 15 is 0 Å². The van der Waals surface area contributed by atoms with Gasteiger partial charge in [0.1, 0.15) is 11.4 Å². The molecule has 0 radical (unpaired) electrons. The highest BCUT2D eigenvalue weighted by atomic mass is 35.5. The molecule has 2 fully saturated rings. The Balaban J connectivity index is 1.97. The van der Waals surface area contributed by atoms with Gasteiger partial charge in [0.25, 0.3) is 0 Å². The Morgan fingerprint density at radius 1 is 1.25 bits per heavy atom. The molecule has 1 aliphatic heterocycles. The molecular formula is C15H19ClN2O2. The van der Waals surface area contributed by atoms with Gasteiger partial charge in [-0.1, -0.05) is 11.6 Å². The first-order valence-electron chi connectivity index (χ1n) is 7.08. The molecule has 1 aliphatic carbocycles. The van der Waals surface area contributed by atoms with Crippen molar-refractivity contribution in [2.24, 2.45) is 5.41 Å². The van der Waals surface area contributed by atoms with Crippen molar-refractivity contribution in [2.75, 3.05) is 18.0 Å². The summed E-state index contributed by atoms with van der Waals surface area (Å²) in [7, 11) is 0. The van der Waals surface area contributed by atoms with Crippen LogP contribution in [0.3, 0.4) is 0 Å². The Kier molecular flexibility index (Phi) is 3.16. The molecule has 0 bridgehead atoms. The number of pyridine rings is 1. The van der Waals surface area contributed by atoms with Gasteiger partial charge in [0.15, 0.2) is 0 Å². The van der Waals surface area contributed by atoms with Crippen LogP contribution in [-0.4, -0.2) is 29.1 Å². The van der Waals surface area contributed by atoms with E-state index in [9.17, 15) is 9.90 Å². The van der Waals surface area contributed by atoms with Crippen LogP contribution in [-0.2, 0) is 0 Å². The van der Waals surface area contributed by atoms with Gasteiger partial charge in [-0.3, -0.25) is 0 Å². The molecule has 2 aliphatic rings. The van der Waals surface area contributed by atoms with E-state index in [4.69, 9.17) is 11.6 Å². The van der Waals surface area contributed by atoms with Gasteiger partial charge in [-0.05, 0) is 50.5 Å². The lowest BCUT2D eigenvalue weighted by atomic mass is 9.93. The minimum atomic E-state index is -0.946. The number of carboxylic acid groups (broad SMARTS) is 1. The molecule has 1 saturated carbocycles. The number of hydrogen-bond donors (Lipinski definition) is 1. The van der Waals surface area contributed by atoms with Gasteiger partial charge >= 0.3 is 5.97 Å². The fourth-order valence-corrected chi connectivity index (χ4v) is 3.30. The summed E-state index contributed by atoms with van der Waals surface area (Å²) in [5, 5.41) is 9.94. The molecule has 0 atom stereocenters. The van der Waals surface area contributed by atoms with E-state index in [1.165, 1.54) is 12.8 Å². The number of nitrogens with zero attached hydrogens (tertiary/aromatic N) is 2. The Labute approximate surface area is 123 Å². The summed E-state index contributed by atoms with van der Waals surface area (Å²) in [6.45, 7) is 5.38. The van der Waals surface area contributed by atoms with Gasteiger partial charge in [-0.15, -0.1) is 0 Å². The molecule has 1 N–H and O–H groups in total. The molecule has 4 nitrogen and oxygen atoms in total. The van der Waals surface area contributed by atoms with Crippen LogP contribution < -0.4 is 4.90 Å². The molecular weight excluding hydrogens is 276 g/mol. The molecule has 1 saturated heterocycles. The number of aromatic carboxylic acids is 1. The molecule has 0 amide bonds. The monoisotopic (exact) mass is 294 g/mol. The third-order valence-electron chi connectivity index (χ3n) is 4.81. The first-order valence-corrected chi connectivity index (χ1v) is 7.46. The number of rotatable bonds is 2. The quantitative estimate of drug-likeness (QED) is 0.908. The summed E-state index contributed by atoms with van der Waals surface area (Å²) in [6, 6.07) is 0. The fourth-order valence-electron chi connectivity index (χ4n) is 3.17. The van der Waals surface area contributed by atoms with Crippen LogP contribution in [0.4, 0.5) is 5.82 Å². The van der Waals surface area contributed by atoms with Crippen molar-refractivity contribution >= 4 is 23.4 Å². The lowest BCUT2D eigenvalue weighted by Crippen LogP contribution is -2.36. The molecule has 1 aromatic rings. The van der Waals surface area contributed by atoms with E-state index in [2.05, 4.69) is 9.88 Å². The van der Waals surface area contributed by atoms with Crippen molar-refractivity contribution in [3.05, 3.63) is 21.8 Å². The number of carbonyl (C=O) groups is 1. The number of halogens is 1. The van der Waals surface area contributed by atoms with Crippen LogP contribution >= 0.6 is 11.6 Å². The Morgan fingerprint density at radius 2 is 1.85 bits per heavy atom. The molecule has 2 heterocycles. The van der Waals surface area contributed by atoms with Gasteiger partial charge in [-0.25, -0.2) is 9.78 Å². The third kappa shape index (κ3) is 2.16. The van der Waals surface area contributed by atoms with E-state index in [0.717, 1.165) is 25.9 Å². The van der Waals surface area contributed by atoms with Gasteiger partial charge < -0.3 is 10.0 Å². The maximum Gasteiger partial charge on any atom is 0.339 e. The largest absolute Gasteiger partial charge is 0.478 e. The van der Waals surface area contributed by atoms with Crippen LogP contribution in [0.15, 0.2) is 0 Å². The maximum atomic E-state index is 11.6.